The molecule has 3 aromatic rings. The summed E-state index contributed by atoms with van der Waals surface area (Å²) >= 11 is 0. The van der Waals surface area contributed by atoms with E-state index in [1.165, 1.54) is 24.3 Å². The molecule has 32 heavy (non-hydrogen) atoms. The van der Waals surface area contributed by atoms with Crippen molar-refractivity contribution in [1.29, 1.82) is 0 Å². The first-order valence-electron chi connectivity index (χ1n) is 9.50. The van der Waals surface area contributed by atoms with Gasteiger partial charge in [-0.15, -0.1) is 0 Å². The van der Waals surface area contributed by atoms with Crippen LogP contribution in [0.4, 0.5) is 0 Å². The third-order valence-electron chi connectivity index (χ3n) is 5.17. The normalized spacial score (nSPS) is 25.7. The van der Waals surface area contributed by atoms with E-state index in [2.05, 4.69) is 0 Å². The molecule has 7 N–H and O–H groups in total. The predicted octanol–water partition coefficient (Wildman–Crippen LogP) is -0.245. The van der Waals surface area contributed by atoms with E-state index in [0.717, 1.165) is 12.1 Å². The Bertz CT molecular complexity index is 1190. The summed E-state index contributed by atoms with van der Waals surface area (Å²) in [6.07, 6.45) is -7.99. The topological polar surface area (TPSA) is 190 Å². The molecular formula is C21H20O11. The number of hydrogen-bond donors (Lipinski definition) is 7. The van der Waals surface area contributed by atoms with Crippen LogP contribution in [0.2, 0.25) is 0 Å². The van der Waals surface area contributed by atoms with E-state index in [1.54, 1.807) is 0 Å². The SMILES string of the molecule is O=c1cc(-c2ccc(O)cc2)oc2cc(O[C@@H]3O[C@H](CO)[C@@H](O)[C@H](O)[C@@H]3O)c(O)c(O)c12. The van der Waals surface area contributed by atoms with Gasteiger partial charge < -0.3 is 49.6 Å². The quantitative estimate of drug-likeness (QED) is 0.261. The molecule has 0 aliphatic carbocycles. The zero-order valence-corrected chi connectivity index (χ0v) is 16.3. The van der Waals surface area contributed by atoms with Gasteiger partial charge in [0.2, 0.25) is 12.0 Å². The van der Waals surface area contributed by atoms with Crippen LogP contribution in [0.25, 0.3) is 22.3 Å². The molecule has 5 atom stereocenters. The van der Waals surface area contributed by atoms with Crippen LogP contribution >= 0.6 is 0 Å². The van der Waals surface area contributed by atoms with Crippen molar-refractivity contribution in [3.63, 3.8) is 0 Å². The molecule has 1 aliphatic rings. The summed E-state index contributed by atoms with van der Waals surface area (Å²) in [6, 6.07) is 7.97. The fourth-order valence-electron chi connectivity index (χ4n) is 3.42. The second kappa shape index (κ2) is 8.30. The Morgan fingerprint density at radius 1 is 0.906 bits per heavy atom. The van der Waals surface area contributed by atoms with Gasteiger partial charge in [0, 0.05) is 17.7 Å². The highest BCUT2D eigenvalue weighted by Gasteiger charge is 2.45. The zero-order valence-electron chi connectivity index (χ0n) is 16.3. The van der Waals surface area contributed by atoms with Gasteiger partial charge in [0.15, 0.2) is 16.9 Å². The average molecular weight is 448 g/mol. The molecule has 0 saturated carbocycles. The van der Waals surface area contributed by atoms with Crippen LogP contribution in [-0.2, 0) is 4.74 Å². The van der Waals surface area contributed by atoms with E-state index in [-0.39, 0.29) is 22.5 Å². The van der Waals surface area contributed by atoms with Crippen molar-refractivity contribution < 1.29 is 49.6 Å². The predicted molar refractivity (Wildman–Crippen MR) is 107 cm³/mol. The third kappa shape index (κ3) is 3.72. The number of aromatic hydroxyl groups is 3. The molecule has 1 saturated heterocycles. The second-order valence-corrected chi connectivity index (χ2v) is 7.28. The number of aliphatic hydroxyl groups is 4. The number of phenols is 3. The smallest absolute Gasteiger partial charge is 0.229 e. The number of phenolic OH excluding ortho intramolecular Hbond substituents is 3. The molecule has 11 nitrogen and oxygen atoms in total. The van der Waals surface area contributed by atoms with Crippen molar-refractivity contribution in [2.75, 3.05) is 6.61 Å². The van der Waals surface area contributed by atoms with Crippen LogP contribution in [0.3, 0.4) is 0 Å². The van der Waals surface area contributed by atoms with Crippen LogP contribution in [0, 0.1) is 0 Å². The number of benzene rings is 2. The van der Waals surface area contributed by atoms with Gasteiger partial charge in [0.25, 0.3) is 0 Å². The standard InChI is InChI=1S/C21H20O11/c22-7-14-17(26)19(28)20(29)21(32-14)31-13-6-12-15(18(27)16(13)25)10(24)5-11(30-12)8-1-3-9(23)4-2-8/h1-6,14,17,19-23,25-29H,7H2/t14-,17-,19+,20+,21-/m1/s1. The number of ether oxygens (including phenoxy) is 2. The largest absolute Gasteiger partial charge is 0.508 e. The van der Waals surface area contributed by atoms with Crippen molar-refractivity contribution >= 4 is 11.0 Å². The van der Waals surface area contributed by atoms with E-state index in [4.69, 9.17) is 13.9 Å². The Kier molecular flexibility index (Phi) is 5.67. The molecule has 170 valence electrons. The highest BCUT2D eigenvalue weighted by atomic mass is 16.7. The first-order valence-corrected chi connectivity index (χ1v) is 9.50. The Hall–Kier alpha value is -3.35. The molecule has 0 bridgehead atoms. The van der Waals surface area contributed by atoms with Crippen molar-refractivity contribution in [2.24, 2.45) is 0 Å². The first kappa shape index (κ1) is 21.9. The van der Waals surface area contributed by atoms with Crippen molar-refractivity contribution in [3.05, 3.63) is 46.6 Å². The van der Waals surface area contributed by atoms with E-state index in [9.17, 15) is 40.5 Å². The van der Waals surface area contributed by atoms with Crippen LogP contribution in [0.1, 0.15) is 0 Å². The van der Waals surface area contributed by atoms with E-state index < -0.39 is 60.0 Å². The van der Waals surface area contributed by atoms with Crippen molar-refractivity contribution in [3.8, 4) is 34.3 Å². The summed E-state index contributed by atoms with van der Waals surface area (Å²) in [4.78, 5) is 12.6. The van der Waals surface area contributed by atoms with Crippen LogP contribution in [0.15, 0.2) is 45.6 Å². The lowest BCUT2D eigenvalue weighted by Crippen LogP contribution is -2.60. The number of fused-ring (bicyclic) bond motifs is 1. The zero-order chi connectivity index (χ0) is 23.2. The molecule has 11 heteroatoms. The minimum atomic E-state index is -1.76. The Balaban J connectivity index is 1.76. The Labute approximate surface area is 179 Å². The van der Waals surface area contributed by atoms with Gasteiger partial charge in [-0.05, 0) is 24.3 Å². The van der Waals surface area contributed by atoms with E-state index in [0.29, 0.717) is 5.56 Å². The summed E-state index contributed by atoms with van der Waals surface area (Å²) in [7, 11) is 0. The van der Waals surface area contributed by atoms with Crippen molar-refractivity contribution in [1.82, 2.24) is 0 Å². The monoisotopic (exact) mass is 448 g/mol. The molecule has 0 spiro atoms. The summed E-state index contributed by atoms with van der Waals surface area (Å²) in [6.45, 7) is -0.690. The van der Waals surface area contributed by atoms with E-state index in [1.807, 2.05) is 0 Å². The van der Waals surface area contributed by atoms with Gasteiger partial charge in [-0.2, -0.15) is 0 Å². The Morgan fingerprint density at radius 2 is 1.59 bits per heavy atom. The third-order valence-corrected chi connectivity index (χ3v) is 5.17. The summed E-state index contributed by atoms with van der Waals surface area (Å²) in [5, 5.41) is 69.0. The van der Waals surface area contributed by atoms with Crippen LogP contribution in [-0.4, -0.2) is 73.1 Å². The summed E-state index contributed by atoms with van der Waals surface area (Å²) < 4.78 is 16.3. The van der Waals surface area contributed by atoms with Gasteiger partial charge in [0.1, 0.15) is 46.9 Å². The molecule has 2 heterocycles. The maximum absolute atomic E-state index is 12.6. The molecule has 0 unspecified atom stereocenters. The molecule has 1 fully saturated rings. The van der Waals surface area contributed by atoms with Crippen LogP contribution in [0.5, 0.6) is 23.0 Å². The highest BCUT2D eigenvalue weighted by molar-refractivity contribution is 5.89. The minimum absolute atomic E-state index is 0.00895. The molecule has 2 aromatic carbocycles. The summed E-state index contributed by atoms with van der Waals surface area (Å²) in [5.74, 6) is -2.03. The molecule has 1 aromatic heterocycles. The lowest BCUT2D eigenvalue weighted by molar-refractivity contribution is -0.277. The lowest BCUT2D eigenvalue weighted by Gasteiger charge is -2.39. The molecule has 4 rings (SSSR count). The molecule has 0 radical (unpaired) electrons. The molecular weight excluding hydrogens is 428 g/mol. The highest BCUT2D eigenvalue weighted by Crippen LogP contribution is 2.42. The maximum atomic E-state index is 12.6. The summed E-state index contributed by atoms with van der Waals surface area (Å²) in [5.41, 5.74) is -0.386. The maximum Gasteiger partial charge on any atom is 0.229 e. The van der Waals surface area contributed by atoms with Gasteiger partial charge in [0.05, 0.1) is 6.61 Å². The Morgan fingerprint density at radius 3 is 2.25 bits per heavy atom. The van der Waals surface area contributed by atoms with Gasteiger partial charge in [-0.1, -0.05) is 0 Å². The van der Waals surface area contributed by atoms with Gasteiger partial charge >= 0.3 is 0 Å². The second-order valence-electron chi connectivity index (χ2n) is 7.28. The first-order chi connectivity index (χ1) is 15.2. The fourth-order valence-corrected chi connectivity index (χ4v) is 3.42. The molecule has 0 amide bonds. The van der Waals surface area contributed by atoms with Crippen LogP contribution < -0.4 is 10.2 Å². The average Bonchev–Trinajstić information content (AvgIpc) is 2.77. The van der Waals surface area contributed by atoms with Crippen molar-refractivity contribution in [2.45, 2.75) is 30.7 Å². The van der Waals surface area contributed by atoms with Gasteiger partial charge in [-0.25, -0.2) is 0 Å². The fraction of sp³-hybridized carbons (Fsp3) is 0.286. The van der Waals surface area contributed by atoms with E-state index >= 15 is 0 Å². The lowest BCUT2D eigenvalue weighted by atomic mass is 9.99. The number of hydrogen-bond acceptors (Lipinski definition) is 11. The molecule has 1 aliphatic heterocycles. The minimum Gasteiger partial charge on any atom is -0.508 e. The number of rotatable bonds is 4. The number of aliphatic hydroxyl groups excluding tert-OH is 4. The van der Waals surface area contributed by atoms with Gasteiger partial charge in [-0.3, -0.25) is 4.79 Å².